The maximum Gasteiger partial charge on any atom is 0.234 e. The van der Waals surface area contributed by atoms with Gasteiger partial charge in [-0.3, -0.25) is 4.79 Å². The minimum absolute atomic E-state index is 0.0208. The lowest BCUT2D eigenvalue weighted by Gasteiger charge is -2.17. The van der Waals surface area contributed by atoms with Gasteiger partial charge in [0.1, 0.15) is 0 Å². The normalized spacial score (nSPS) is 10.6. The molecule has 0 unspecified atom stereocenters. The van der Waals surface area contributed by atoms with Crippen LogP contribution >= 0.6 is 11.8 Å². The molecule has 1 N–H and O–H groups in total. The monoisotopic (exact) mass is 347 g/mol. The number of amides is 1. The van der Waals surface area contributed by atoms with Crippen LogP contribution in [0.1, 0.15) is 21.9 Å². The summed E-state index contributed by atoms with van der Waals surface area (Å²) in [6.07, 6.45) is 0. The number of hydrogen-bond donors (Lipinski definition) is 1. The van der Waals surface area contributed by atoms with Gasteiger partial charge in [-0.05, 0) is 35.7 Å². The van der Waals surface area contributed by atoms with Crippen molar-refractivity contribution in [3.05, 3.63) is 102 Å². The van der Waals surface area contributed by atoms with E-state index in [9.17, 15) is 4.79 Å². The molecule has 0 spiro atoms. The van der Waals surface area contributed by atoms with E-state index in [4.69, 9.17) is 0 Å². The van der Waals surface area contributed by atoms with Crippen LogP contribution in [0.2, 0.25) is 0 Å². The van der Waals surface area contributed by atoms with E-state index in [1.165, 1.54) is 11.1 Å². The first-order valence-corrected chi connectivity index (χ1v) is 9.35. The third-order valence-electron chi connectivity index (χ3n) is 3.89. The van der Waals surface area contributed by atoms with Gasteiger partial charge in [-0.15, -0.1) is 11.8 Å². The Hall–Kier alpha value is -2.52. The Labute approximate surface area is 153 Å². The Balaban J connectivity index is 1.70. The first-order chi connectivity index (χ1) is 12.2. The summed E-state index contributed by atoms with van der Waals surface area (Å²) >= 11 is 1.65. The van der Waals surface area contributed by atoms with E-state index in [1.54, 1.807) is 11.8 Å². The van der Waals surface area contributed by atoms with Crippen LogP contribution in [0.15, 0.2) is 84.9 Å². The summed E-state index contributed by atoms with van der Waals surface area (Å²) in [6, 6.07) is 28.5. The summed E-state index contributed by atoms with van der Waals surface area (Å²) in [5.74, 6) is 0.426. The summed E-state index contributed by atoms with van der Waals surface area (Å²) in [5.41, 5.74) is 4.41. The van der Waals surface area contributed by atoms with Crippen molar-refractivity contribution >= 4 is 23.4 Å². The number of benzene rings is 3. The standard InChI is InChI=1S/C22H21NOS/c1-17-9-8-14-20(15-17)23-21(24)16-25-22(18-10-4-2-5-11-18)19-12-6-3-7-13-19/h2-15,22H,16H2,1H3,(H,23,24). The molecule has 0 aliphatic carbocycles. The van der Waals surface area contributed by atoms with Gasteiger partial charge in [0.15, 0.2) is 0 Å². The van der Waals surface area contributed by atoms with Gasteiger partial charge in [0.05, 0.1) is 11.0 Å². The van der Waals surface area contributed by atoms with Crippen molar-refractivity contribution in [1.29, 1.82) is 0 Å². The number of aryl methyl sites for hydroxylation is 1. The van der Waals surface area contributed by atoms with Gasteiger partial charge >= 0.3 is 0 Å². The second-order valence-electron chi connectivity index (χ2n) is 5.93. The first-order valence-electron chi connectivity index (χ1n) is 8.30. The van der Waals surface area contributed by atoms with Crippen molar-refractivity contribution in [2.75, 3.05) is 11.1 Å². The lowest BCUT2D eigenvalue weighted by atomic mass is 10.0. The minimum atomic E-state index is 0.0208. The minimum Gasteiger partial charge on any atom is -0.325 e. The summed E-state index contributed by atoms with van der Waals surface area (Å²) < 4.78 is 0. The molecule has 25 heavy (non-hydrogen) atoms. The molecule has 0 atom stereocenters. The Bertz CT molecular complexity index is 778. The number of nitrogens with one attached hydrogen (secondary N) is 1. The van der Waals surface area contributed by atoms with Crippen molar-refractivity contribution in [3.8, 4) is 0 Å². The number of carbonyl (C=O) groups is 1. The lowest BCUT2D eigenvalue weighted by Crippen LogP contribution is -2.15. The quantitative estimate of drug-likeness (QED) is 0.642. The highest BCUT2D eigenvalue weighted by Gasteiger charge is 2.16. The molecule has 0 radical (unpaired) electrons. The largest absolute Gasteiger partial charge is 0.325 e. The van der Waals surface area contributed by atoms with Crippen LogP contribution in [0.3, 0.4) is 0 Å². The molecular formula is C22H21NOS. The van der Waals surface area contributed by atoms with Gasteiger partial charge in [0, 0.05) is 5.69 Å². The molecule has 0 bridgehead atoms. The fourth-order valence-electron chi connectivity index (χ4n) is 2.72. The Kier molecular flexibility index (Phi) is 5.91. The van der Waals surface area contributed by atoms with Crippen LogP contribution in [0, 0.1) is 6.92 Å². The number of carbonyl (C=O) groups excluding carboxylic acids is 1. The molecule has 3 heteroatoms. The third kappa shape index (κ3) is 4.97. The van der Waals surface area contributed by atoms with Crippen molar-refractivity contribution < 1.29 is 4.79 Å². The van der Waals surface area contributed by atoms with Gasteiger partial charge in [-0.1, -0.05) is 72.8 Å². The zero-order valence-electron chi connectivity index (χ0n) is 14.2. The molecule has 0 heterocycles. The summed E-state index contributed by atoms with van der Waals surface area (Å²) in [6.45, 7) is 2.02. The second kappa shape index (κ2) is 8.54. The van der Waals surface area contributed by atoms with Crippen LogP contribution < -0.4 is 5.32 Å². The number of hydrogen-bond acceptors (Lipinski definition) is 2. The number of anilines is 1. The molecule has 0 saturated carbocycles. The van der Waals surface area contributed by atoms with Crippen LogP contribution in [0.5, 0.6) is 0 Å². The van der Waals surface area contributed by atoms with Gasteiger partial charge in [-0.25, -0.2) is 0 Å². The van der Waals surface area contributed by atoms with Crippen molar-refractivity contribution in [2.45, 2.75) is 12.2 Å². The molecule has 3 aromatic carbocycles. The van der Waals surface area contributed by atoms with E-state index in [1.807, 2.05) is 67.6 Å². The fraction of sp³-hybridized carbons (Fsp3) is 0.136. The lowest BCUT2D eigenvalue weighted by molar-refractivity contribution is -0.113. The number of thioether (sulfide) groups is 1. The summed E-state index contributed by atoms with van der Waals surface area (Å²) in [7, 11) is 0. The van der Waals surface area contributed by atoms with E-state index >= 15 is 0 Å². The summed E-state index contributed by atoms with van der Waals surface area (Å²) in [4.78, 5) is 12.4. The fourth-order valence-corrected chi connectivity index (χ4v) is 3.81. The van der Waals surface area contributed by atoms with Crippen molar-refractivity contribution in [1.82, 2.24) is 0 Å². The topological polar surface area (TPSA) is 29.1 Å². The molecule has 0 aromatic heterocycles. The molecule has 0 aliphatic rings. The maximum atomic E-state index is 12.4. The van der Waals surface area contributed by atoms with E-state index in [-0.39, 0.29) is 11.2 Å². The Morgan fingerprint density at radius 3 is 2.04 bits per heavy atom. The second-order valence-corrected chi connectivity index (χ2v) is 7.02. The van der Waals surface area contributed by atoms with Gasteiger partial charge in [0.25, 0.3) is 0 Å². The highest BCUT2D eigenvalue weighted by molar-refractivity contribution is 8.00. The number of rotatable bonds is 6. The molecular weight excluding hydrogens is 326 g/mol. The highest BCUT2D eigenvalue weighted by Crippen LogP contribution is 2.35. The van der Waals surface area contributed by atoms with Gasteiger partial charge in [0.2, 0.25) is 5.91 Å². The smallest absolute Gasteiger partial charge is 0.234 e. The molecule has 126 valence electrons. The molecule has 3 rings (SSSR count). The van der Waals surface area contributed by atoms with E-state index < -0.39 is 0 Å². The molecule has 3 aromatic rings. The van der Waals surface area contributed by atoms with Gasteiger partial charge < -0.3 is 5.32 Å². The molecule has 0 saturated heterocycles. The maximum absolute atomic E-state index is 12.4. The molecule has 0 aliphatic heterocycles. The molecule has 1 amide bonds. The van der Waals surface area contributed by atoms with E-state index in [0.717, 1.165) is 11.3 Å². The summed E-state index contributed by atoms with van der Waals surface area (Å²) in [5, 5.41) is 3.13. The average Bonchev–Trinajstić information content (AvgIpc) is 2.64. The SMILES string of the molecule is Cc1cccc(NC(=O)CSC(c2ccccc2)c2ccccc2)c1. The van der Waals surface area contributed by atoms with Crippen LogP contribution in [0.25, 0.3) is 0 Å². The predicted octanol–water partition coefficient (Wildman–Crippen LogP) is 5.46. The Morgan fingerprint density at radius 1 is 0.880 bits per heavy atom. The molecule has 0 fully saturated rings. The first kappa shape index (κ1) is 17.3. The highest BCUT2D eigenvalue weighted by atomic mass is 32.2. The predicted molar refractivity (Wildman–Crippen MR) is 107 cm³/mol. The van der Waals surface area contributed by atoms with Crippen LogP contribution in [-0.2, 0) is 4.79 Å². The molecule has 2 nitrogen and oxygen atoms in total. The van der Waals surface area contributed by atoms with Gasteiger partial charge in [-0.2, -0.15) is 0 Å². The van der Waals surface area contributed by atoms with Crippen molar-refractivity contribution in [3.63, 3.8) is 0 Å². The zero-order valence-corrected chi connectivity index (χ0v) is 15.0. The average molecular weight is 347 g/mol. The Morgan fingerprint density at radius 2 is 1.48 bits per heavy atom. The van der Waals surface area contributed by atoms with Crippen molar-refractivity contribution in [2.24, 2.45) is 0 Å². The third-order valence-corrected chi connectivity index (χ3v) is 5.19. The zero-order chi connectivity index (χ0) is 17.5. The van der Waals surface area contributed by atoms with Crippen LogP contribution in [0.4, 0.5) is 5.69 Å². The van der Waals surface area contributed by atoms with Crippen LogP contribution in [-0.4, -0.2) is 11.7 Å². The van der Waals surface area contributed by atoms with E-state index in [0.29, 0.717) is 5.75 Å². The van der Waals surface area contributed by atoms with E-state index in [2.05, 4.69) is 29.6 Å².